The molecule has 0 aromatic heterocycles. The van der Waals surface area contributed by atoms with E-state index in [4.69, 9.17) is 37.9 Å². The normalized spacial score (nSPS) is 24.4. The van der Waals surface area contributed by atoms with Crippen molar-refractivity contribution in [1.29, 1.82) is 0 Å². The number of methoxy groups -OCH3 is 2. The number of carbonyl (C=O) groups is 4. The maximum atomic E-state index is 15.6. The first-order chi connectivity index (χ1) is 41.4. The van der Waals surface area contributed by atoms with Crippen LogP contribution in [0.15, 0.2) is 146 Å². The maximum Gasteiger partial charge on any atom is 0.329 e. The summed E-state index contributed by atoms with van der Waals surface area (Å²) in [4.78, 5) is 60.0. The Morgan fingerprint density at radius 2 is 1.15 bits per heavy atom. The second-order valence-corrected chi connectivity index (χ2v) is 21.6. The van der Waals surface area contributed by atoms with Crippen molar-refractivity contribution in [1.82, 2.24) is 5.32 Å². The predicted octanol–water partition coefficient (Wildman–Crippen LogP) is 6.18. The zero-order valence-electron chi connectivity index (χ0n) is 47.2. The summed E-state index contributed by atoms with van der Waals surface area (Å²) in [6, 6.07) is 40.2. The van der Waals surface area contributed by atoms with Gasteiger partial charge in [0.1, 0.15) is 84.0 Å². The molecule has 2 aliphatic carbocycles. The van der Waals surface area contributed by atoms with Crippen LogP contribution in [0.4, 0.5) is 0 Å². The van der Waals surface area contributed by atoms with Gasteiger partial charge in [-0.3, -0.25) is 14.4 Å². The van der Waals surface area contributed by atoms with Gasteiger partial charge in [0, 0.05) is 28.3 Å². The maximum absolute atomic E-state index is 15.6. The number of benzene rings is 7. The Kier molecular flexibility index (Phi) is 16.9. The SMILES string of the molecule is COc1cc(O)c2c(c1)C(=O)c1c(cc3c(c1OC)-c1c(cc(C)c(C(=O)N[C@H](C)C(=O)OC(c4ccccc4)c4ccccc4)c1OC(c1ccccc1)c1ccccc1)[C@H](O[C@@H]1O[C@H](C)[C@H](O)[C@H](O[C@@H]4OC[C@@H](O)[C@H](O)[C@H]4O)[C@H]1O)[C@H]3O)C2=O. The molecular formula is C66H63NO19. The van der Waals surface area contributed by atoms with Gasteiger partial charge in [-0.25, -0.2) is 4.79 Å². The zero-order valence-corrected chi connectivity index (χ0v) is 47.2. The second kappa shape index (κ2) is 24.5. The molecule has 86 heavy (non-hydrogen) atoms. The van der Waals surface area contributed by atoms with E-state index in [0.29, 0.717) is 22.3 Å². The van der Waals surface area contributed by atoms with Crippen LogP contribution in [0.5, 0.6) is 23.0 Å². The molecule has 20 heteroatoms. The first kappa shape index (κ1) is 59.4. The van der Waals surface area contributed by atoms with Gasteiger partial charge in [0.15, 0.2) is 30.3 Å². The lowest BCUT2D eigenvalue weighted by Crippen LogP contribution is -2.62. The molecule has 20 nitrogen and oxygen atoms in total. The Morgan fingerprint density at radius 1 is 0.605 bits per heavy atom. The van der Waals surface area contributed by atoms with Crippen molar-refractivity contribution in [2.45, 2.75) is 107 Å². The van der Waals surface area contributed by atoms with Crippen LogP contribution in [0.3, 0.4) is 0 Å². The van der Waals surface area contributed by atoms with Crippen LogP contribution in [0.2, 0.25) is 0 Å². The second-order valence-electron chi connectivity index (χ2n) is 21.6. The highest BCUT2D eigenvalue weighted by molar-refractivity contribution is 6.31. The molecule has 446 valence electrons. The third-order valence-electron chi connectivity index (χ3n) is 16.1. The zero-order chi connectivity index (χ0) is 60.8. The van der Waals surface area contributed by atoms with E-state index >= 15 is 9.59 Å². The number of amides is 1. The number of aryl methyl sites for hydroxylation is 1. The molecule has 8 N–H and O–H groups in total. The summed E-state index contributed by atoms with van der Waals surface area (Å²) in [7, 11) is 2.57. The van der Waals surface area contributed by atoms with Crippen molar-refractivity contribution < 1.29 is 92.8 Å². The van der Waals surface area contributed by atoms with Crippen LogP contribution in [0.1, 0.15) is 119 Å². The number of ether oxygens (including phenoxy) is 8. The number of fused-ring (bicyclic) bond motifs is 5. The van der Waals surface area contributed by atoms with Gasteiger partial charge < -0.3 is 79.0 Å². The number of aliphatic hydroxyl groups is 6. The molecule has 11 rings (SSSR count). The third kappa shape index (κ3) is 10.9. The Balaban J connectivity index is 1.10. The largest absolute Gasteiger partial charge is 0.507 e. The van der Waals surface area contributed by atoms with Gasteiger partial charge >= 0.3 is 5.97 Å². The molecule has 2 heterocycles. The summed E-state index contributed by atoms with van der Waals surface area (Å²) in [5.41, 5.74) is 1.28. The molecule has 1 amide bonds. The summed E-state index contributed by atoms with van der Waals surface area (Å²) < 4.78 is 49.5. The molecule has 2 fully saturated rings. The van der Waals surface area contributed by atoms with Crippen molar-refractivity contribution >= 4 is 23.4 Å². The van der Waals surface area contributed by atoms with Crippen LogP contribution in [-0.4, -0.2) is 141 Å². The number of carbonyl (C=O) groups excluding carboxylic acids is 4. The van der Waals surface area contributed by atoms with E-state index in [0.717, 1.165) is 0 Å². The fourth-order valence-corrected chi connectivity index (χ4v) is 11.7. The molecule has 2 saturated heterocycles. The van der Waals surface area contributed by atoms with Gasteiger partial charge in [0.25, 0.3) is 5.91 Å². The van der Waals surface area contributed by atoms with Crippen molar-refractivity contribution in [3.63, 3.8) is 0 Å². The first-order valence-corrected chi connectivity index (χ1v) is 27.9. The number of nitrogens with one attached hydrogen (secondary N) is 1. The third-order valence-corrected chi connectivity index (χ3v) is 16.1. The van der Waals surface area contributed by atoms with E-state index in [1.165, 1.54) is 52.3 Å². The average molecular weight is 1170 g/mol. The minimum absolute atomic E-state index is 0.0250. The van der Waals surface area contributed by atoms with Crippen molar-refractivity contribution in [3.05, 3.63) is 212 Å². The lowest BCUT2D eigenvalue weighted by molar-refractivity contribution is -0.353. The molecule has 0 radical (unpaired) electrons. The van der Waals surface area contributed by atoms with E-state index in [2.05, 4.69) is 5.32 Å². The molecule has 0 bridgehead atoms. The van der Waals surface area contributed by atoms with Crippen LogP contribution < -0.4 is 19.5 Å². The van der Waals surface area contributed by atoms with Crippen LogP contribution in [0.25, 0.3) is 11.1 Å². The topological polar surface area (TPSA) is 296 Å². The smallest absolute Gasteiger partial charge is 0.329 e. The summed E-state index contributed by atoms with van der Waals surface area (Å²) in [6.45, 7) is 4.03. The standard InChI is InChI=1S/C66H63NO19/c1-31-26-42-48(61(83-57(34-18-10-6-11-19-34)35-20-12-7-13-21-35)45(31)63(77)67-32(2)64(78)84-58(36-22-14-8-15-23-36)37-24-16-9-17-25-37)47-40(29-41-49(60(47)80-5)52(72)39-27-38(79-4)28-43(68)46(39)51(41)71)53(73)59(42)85-66-56(76)62(50(70)33(3)82-66)86-65-55(75)54(74)44(69)30-81-65/h6-29,32-33,44,50,53-59,62,65-66,68-70,73-76H,30H2,1-5H3,(H,67,77)/t32-,33-,44-,50+,53+,54+,55-,56-,59+,62+,65+,66+/m1/s1. The number of phenols is 1. The summed E-state index contributed by atoms with van der Waals surface area (Å²) in [6.07, 6.45) is -20.4. The summed E-state index contributed by atoms with van der Waals surface area (Å²) in [5, 5.41) is 82.4. The van der Waals surface area contributed by atoms with E-state index in [9.17, 15) is 45.3 Å². The van der Waals surface area contributed by atoms with Crippen LogP contribution >= 0.6 is 0 Å². The molecule has 0 saturated carbocycles. The minimum Gasteiger partial charge on any atom is -0.507 e. The van der Waals surface area contributed by atoms with Gasteiger partial charge in [0.05, 0.1) is 43.6 Å². The Bertz CT molecular complexity index is 3600. The van der Waals surface area contributed by atoms with E-state index in [1.54, 1.807) is 31.2 Å². The lowest BCUT2D eigenvalue weighted by Gasteiger charge is -2.46. The number of aromatic hydroxyl groups is 1. The highest BCUT2D eigenvalue weighted by Crippen LogP contribution is 2.58. The van der Waals surface area contributed by atoms with Gasteiger partial charge in [-0.2, -0.15) is 0 Å². The van der Waals surface area contributed by atoms with Crippen LogP contribution in [-0.2, 0) is 28.5 Å². The Labute approximate surface area is 493 Å². The molecular weight excluding hydrogens is 1110 g/mol. The highest BCUT2D eigenvalue weighted by Gasteiger charge is 2.52. The number of ketones is 2. The number of aliphatic hydroxyl groups excluding tert-OH is 6. The number of rotatable bonds is 16. The number of hydrogen-bond acceptors (Lipinski definition) is 19. The van der Waals surface area contributed by atoms with Gasteiger partial charge in [-0.05, 0) is 71.8 Å². The molecule has 0 unspecified atom stereocenters. The van der Waals surface area contributed by atoms with Crippen molar-refractivity contribution in [3.8, 4) is 34.1 Å². The Morgan fingerprint density at radius 3 is 1.72 bits per heavy atom. The van der Waals surface area contributed by atoms with E-state index in [1.807, 2.05) is 97.1 Å². The summed E-state index contributed by atoms with van der Waals surface area (Å²) in [5.74, 6) is -4.22. The fraction of sp³-hybridized carbons (Fsp3) is 0.303. The minimum atomic E-state index is -1.96. The molecule has 7 aromatic carbocycles. The molecule has 0 spiro atoms. The molecule has 2 aliphatic heterocycles. The number of hydrogen-bond donors (Lipinski definition) is 8. The van der Waals surface area contributed by atoms with Gasteiger partial charge in [-0.1, -0.05) is 127 Å². The Hall–Kier alpha value is -8.38. The highest BCUT2D eigenvalue weighted by atomic mass is 16.7. The predicted molar refractivity (Wildman–Crippen MR) is 306 cm³/mol. The number of esters is 1. The molecule has 12 atom stereocenters. The van der Waals surface area contributed by atoms with Crippen molar-refractivity contribution in [2.24, 2.45) is 0 Å². The summed E-state index contributed by atoms with van der Waals surface area (Å²) >= 11 is 0. The van der Waals surface area contributed by atoms with Gasteiger partial charge in [-0.15, -0.1) is 0 Å². The quantitative estimate of drug-likeness (QED) is 0.0501. The fourth-order valence-electron chi connectivity index (χ4n) is 11.7. The monoisotopic (exact) mass is 1170 g/mol. The average Bonchev–Trinajstić information content (AvgIpc) is 0.734. The van der Waals surface area contributed by atoms with E-state index in [-0.39, 0.29) is 72.9 Å². The van der Waals surface area contributed by atoms with Gasteiger partial charge in [0.2, 0.25) is 0 Å². The molecule has 7 aromatic rings. The number of phenolic OH excluding ortho intramolecular Hbond substituents is 1. The van der Waals surface area contributed by atoms with Crippen molar-refractivity contribution in [2.75, 3.05) is 20.8 Å². The van der Waals surface area contributed by atoms with Crippen LogP contribution in [0, 0.1) is 6.92 Å². The lowest BCUT2D eigenvalue weighted by atomic mass is 9.74. The molecule has 4 aliphatic rings. The first-order valence-electron chi connectivity index (χ1n) is 27.9. The van der Waals surface area contributed by atoms with E-state index < -0.39 is 122 Å².